The normalized spacial score (nSPS) is 17.4. The summed E-state index contributed by atoms with van der Waals surface area (Å²) in [5.41, 5.74) is 2.81. The van der Waals surface area contributed by atoms with Crippen molar-refractivity contribution in [3.05, 3.63) is 27.7 Å². The van der Waals surface area contributed by atoms with Crippen molar-refractivity contribution in [1.29, 1.82) is 0 Å². The number of hydrogen-bond donors (Lipinski definition) is 1. The van der Waals surface area contributed by atoms with Crippen LogP contribution in [0.4, 0.5) is 0 Å². The van der Waals surface area contributed by atoms with Crippen LogP contribution in [0.5, 0.6) is 5.75 Å². The molecule has 1 aromatic rings. The molecule has 88 valence electrons. The van der Waals surface area contributed by atoms with Crippen molar-refractivity contribution in [3.63, 3.8) is 0 Å². The first-order valence-electron chi connectivity index (χ1n) is 5.77. The quantitative estimate of drug-likeness (QED) is 0.900. The van der Waals surface area contributed by atoms with Gasteiger partial charge >= 0.3 is 0 Å². The molecule has 3 heteroatoms. The molecule has 1 aromatic carbocycles. The summed E-state index contributed by atoms with van der Waals surface area (Å²) in [5, 5.41) is 3.40. The van der Waals surface area contributed by atoms with Gasteiger partial charge in [0.1, 0.15) is 5.75 Å². The lowest BCUT2D eigenvalue weighted by molar-refractivity contribution is 0.410. The molecule has 0 amide bonds. The van der Waals surface area contributed by atoms with Crippen LogP contribution in [0, 0.1) is 6.92 Å². The van der Waals surface area contributed by atoms with Crippen molar-refractivity contribution in [2.24, 2.45) is 0 Å². The number of nitrogens with one attached hydrogen (secondary N) is 1. The number of aryl methyl sites for hydroxylation is 1. The van der Waals surface area contributed by atoms with Gasteiger partial charge in [0.25, 0.3) is 0 Å². The van der Waals surface area contributed by atoms with Crippen LogP contribution in [0.2, 0.25) is 0 Å². The summed E-state index contributed by atoms with van der Waals surface area (Å²) in [5.74, 6) is 1.62. The molecule has 0 aliphatic carbocycles. The lowest BCUT2D eigenvalue weighted by Crippen LogP contribution is -2.26. The number of ether oxygens (including phenoxy) is 1. The highest BCUT2D eigenvalue weighted by Crippen LogP contribution is 2.34. The molecule has 1 fully saturated rings. The van der Waals surface area contributed by atoms with E-state index in [-0.39, 0.29) is 0 Å². The van der Waals surface area contributed by atoms with Crippen LogP contribution in [-0.4, -0.2) is 20.2 Å². The maximum atomic E-state index is 5.31. The molecule has 0 bridgehead atoms. The number of benzene rings is 1. The molecule has 2 rings (SSSR count). The largest absolute Gasteiger partial charge is 0.496 e. The van der Waals surface area contributed by atoms with Crippen molar-refractivity contribution >= 4 is 15.9 Å². The Balaban J connectivity index is 2.29. The van der Waals surface area contributed by atoms with Crippen LogP contribution in [0.1, 0.15) is 29.9 Å². The molecule has 0 unspecified atom stereocenters. The van der Waals surface area contributed by atoms with Gasteiger partial charge in [0.15, 0.2) is 0 Å². The van der Waals surface area contributed by atoms with Gasteiger partial charge in [0.2, 0.25) is 0 Å². The Morgan fingerprint density at radius 1 is 1.31 bits per heavy atom. The van der Waals surface area contributed by atoms with Crippen LogP contribution < -0.4 is 10.1 Å². The van der Waals surface area contributed by atoms with Crippen LogP contribution in [0.15, 0.2) is 16.6 Å². The highest BCUT2D eigenvalue weighted by molar-refractivity contribution is 9.10. The van der Waals surface area contributed by atoms with E-state index in [1.807, 2.05) is 0 Å². The van der Waals surface area contributed by atoms with E-state index < -0.39 is 0 Å². The van der Waals surface area contributed by atoms with Crippen LogP contribution in [-0.2, 0) is 0 Å². The van der Waals surface area contributed by atoms with Crippen molar-refractivity contribution in [2.45, 2.75) is 25.7 Å². The molecule has 2 nitrogen and oxygen atoms in total. The second-order valence-electron chi connectivity index (χ2n) is 4.37. The first kappa shape index (κ1) is 11.9. The molecule has 1 saturated heterocycles. The molecule has 0 spiro atoms. The van der Waals surface area contributed by atoms with Gasteiger partial charge in [-0.25, -0.2) is 0 Å². The predicted molar refractivity (Wildman–Crippen MR) is 70.3 cm³/mol. The highest BCUT2D eigenvalue weighted by Gasteiger charge is 2.18. The van der Waals surface area contributed by atoms with Crippen molar-refractivity contribution in [1.82, 2.24) is 5.32 Å². The van der Waals surface area contributed by atoms with Gasteiger partial charge in [-0.1, -0.05) is 0 Å². The summed E-state index contributed by atoms with van der Waals surface area (Å²) in [6, 6.07) is 4.35. The number of rotatable bonds is 2. The monoisotopic (exact) mass is 283 g/mol. The Kier molecular flexibility index (Phi) is 3.87. The fourth-order valence-electron chi connectivity index (χ4n) is 2.40. The van der Waals surface area contributed by atoms with Gasteiger partial charge in [0, 0.05) is 0 Å². The molecule has 0 aromatic heterocycles. The lowest BCUT2D eigenvalue weighted by atomic mass is 9.87. The zero-order valence-electron chi connectivity index (χ0n) is 9.85. The van der Waals surface area contributed by atoms with E-state index >= 15 is 0 Å². The Labute approximate surface area is 106 Å². The average molecular weight is 284 g/mol. The van der Waals surface area contributed by atoms with Crippen molar-refractivity contribution in [2.75, 3.05) is 20.2 Å². The third-order valence-electron chi connectivity index (χ3n) is 3.32. The van der Waals surface area contributed by atoms with Gasteiger partial charge in [-0.3, -0.25) is 0 Å². The number of halogens is 1. The number of hydrogen-bond acceptors (Lipinski definition) is 2. The number of piperidine rings is 1. The van der Waals surface area contributed by atoms with Crippen LogP contribution in [0.3, 0.4) is 0 Å². The fraction of sp³-hybridized carbons (Fsp3) is 0.538. The maximum absolute atomic E-state index is 5.31. The first-order valence-corrected chi connectivity index (χ1v) is 6.56. The Morgan fingerprint density at radius 3 is 2.62 bits per heavy atom. The average Bonchev–Trinajstić information content (AvgIpc) is 2.32. The standard InChI is InChI=1S/C13H18BrNO/c1-9-7-13(16-2)12(14)8-11(9)10-3-5-15-6-4-10/h7-8,10,15H,3-6H2,1-2H3. The molecule has 0 radical (unpaired) electrons. The smallest absolute Gasteiger partial charge is 0.133 e. The van der Waals surface area contributed by atoms with Gasteiger partial charge in [-0.05, 0) is 78.0 Å². The maximum Gasteiger partial charge on any atom is 0.133 e. The van der Waals surface area contributed by atoms with E-state index in [1.54, 1.807) is 7.11 Å². The topological polar surface area (TPSA) is 21.3 Å². The minimum atomic E-state index is 0.698. The Bertz CT molecular complexity index is 372. The van der Waals surface area contributed by atoms with E-state index in [9.17, 15) is 0 Å². The molecular weight excluding hydrogens is 266 g/mol. The summed E-state index contributed by atoms with van der Waals surface area (Å²) in [6.07, 6.45) is 2.47. The summed E-state index contributed by atoms with van der Waals surface area (Å²) >= 11 is 3.57. The zero-order chi connectivity index (χ0) is 11.5. The van der Waals surface area contributed by atoms with E-state index in [0.29, 0.717) is 5.92 Å². The third kappa shape index (κ3) is 2.41. The zero-order valence-corrected chi connectivity index (χ0v) is 11.4. The van der Waals surface area contributed by atoms with E-state index in [4.69, 9.17) is 4.74 Å². The summed E-state index contributed by atoms with van der Waals surface area (Å²) < 4.78 is 6.37. The molecule has 1 aliphatic heterocycles. The minimum absolute atomic E-state index is 0.698. The molecule has 1 aliphatic rings. The fourth-order valence-corrected chi connectivity index (χ4v) is 2.92. The summed E-state index contributed by atoms with van der Waals surface area (Å²) in [7, 11) is 1.71. The molecule has 0 saturated carbocycles. The van der Waals surface area contributed by atoms with Gasteiger partial charge in [-0.15, -0.1) is 0 Å². The summed E-state index contributed by atoms with van der Waals surface area (Å²) in [6.45, 7) is 4.44. The molecule has 1 heterocycles. The second-order valence-corrected chi connectivity index (χ2v) is 5.22. The summed E-state index contributed by atoms with van der Waals surface area (Å²) in [4.78, 5) is 0. The third-order valence-corrected chi connectivity index (χ3v) is 3.94. The molecule has 16 heavy (non-hydrogen) atoms. The second kappa shape index (κ2) is 5.19. The Morgan fingerprint density at radius 2 is 2.00 bits per heavy atom. The van der Waals surface area contributed by atoms with E-state index in [1.165, 1.54) is 24.0 Å². The predicted octanol–water partition coefficient (Wildman–Crippen LogP) is 3.23. The minimum Gasteiger partial charge on any atom is -0.496 e. The van der Waals surface area contributed by atoms with Gasteiger partial charge in [0.05, 0.1) is 11.6 Å². The lowest BCUT2D eigenvalue weighted by Gasteiger charge is -2.25. The van der Waals surface area contributed by atoms with Gasteiger partial charge in [-0.2, -0.15) is 0 Å². The molecular formula is C13H18BrNO. The van der Waals surface area contributed by atoms with Crippen LogP contribution >= 0.6 is 15.9 Å². The van der Waals surface area contributed by atoms with E-state index in [2.05, 4.69) is 40.3 Å². The van der Waals surface area contributed by atoms with E-state index in [0.717, 1.165) is 23.3 Å². The molecule has 0 atom stereocenters. The van der Waals surface area contributed by atoms with Crippen molar-refractivity contribution in [3.8, 4) is 5.75 Å². The van der Waals surface area contributed by atoms with Crippen molar-refractivity contribution < 1.29 is 4.74 Å². The SMILES string of the molecule is COc1cc(C)c(C2CCNCC2)cc1Br. The number of methoxy groups -OCH3 is 1. The Hall–Kier alpha value is -0.540. The molecule has 1 N–H and O–H groups in total. The van der Waals surface area contributed by atoms with Crippen LogP contribution in [0.25, 0.3) is 0 Å². The van der Waals surface area contributed by atoms with Gasteiger partial charge < -0.3 is 10.1 Å². The highest BCUT2D eigenvalue weighted by atomic mass is 79.9. The first-order chi connectivity index (χ1) is 7.72.